The fraction of sp³-hybridized carbons (Fsp3) is 0.923. The molecule has 0 aromatic carbocycles. The summed E-state index contributed by atoms with van der Waals surface area (Å²) in [5, 5.41) is 0. The maximum atomic E-state index is 12.4. The van der Waals surface area contributed by atoms with Crippen LogP contribution in [0.3, 0.4) is 0 Å². The van der Waals surface area contributed by atoms with Gasteiger partial charge in [0, 0.05) is 25.7 Å². The molecule has 104 valence electrons. The third-order valence-corrected chi connectivity index (χ3v) is 3.69. The molecule has 2 heterocycles. The largest absolute Gasteiger partial charge is 0.444 e. The average Bonchev–Trinajstić information content (AvgIpc) is 2.77. The van der Waals surface area contributed by atoms with Gasteiger partial charge in [0.05, 0.1) is 0 Å². The number of carbonyl (C=O) groups excluding carboxylic acids is 1. The van der Waals surface area contributed by atoms with Crippen molar-refractivity contribution in [2.24, 2.45) is 5.92 Å². The molecule has 2 aliphatic rings. The first-order valence-corrected chi connectivity index (χ1v) is 6.68. The van der Waals surface area contributed by atoms with Crippen LogP contribution in [0.2, 0.25) is 0 Å². The van der Waals surface area contributed by atoms with Crippen LogP contribution < -0.4 is 0 Å². The number of amides is 1. The Balaban J connectivity index is 1.90. The zero-order chi connectivity index (χ0) is 13.3. The molecular weight excluding hydrogens is 235 g/mol. The van der Waals surface area contributed by atoms with E-state index in [9.17, 15) is 9.18 Å². The second kappa shape index (κ2) is 5.03. The van der Waals surface area contributed by atoms with Crippen molar-refractivity contribution in [2.75, 3.05) is 32.9 Å². The lowest BCUT2D eigenvalue weighted by Crippen LogP contribution is -2.40. The first kappa shape index (κ1) is 13.6. The molecule has 0 saturated carbocycles. The molecule has 5 heteroatoms. The minimum atomic E-state index is -0.451. The molecule has 4 nitrogen and oxygen atoms in total. The SMILES string of the molecule is CC(C)(C)OC(=O)N1CC2CCN(CCF)C2C1. The second-order valence-corrected chi connectivity index (χ2v) is 6.23. The summed E-state index contributed by atoms with van der Waals surface area (Å²) in [6, 6.07) is 0.327. The first-order chi connectivity index (χ1) is 8.40. The highest BCUT2D eigenvalue weighted by molar-refractivity contribution is 5.68. The van der Waals surface area contributed by atoms with E-state index in [-0.39, 0.29) is 12.8 Å². The van der Waals surface area contributed by atoms with Crippen LogP contribution in [0.5, 0.6) is 0 Å². The van der Waals surface area contributed by atoms with E-state index in [0.717, 1.165) is 19.5 Å². The number of nitrogens with zero attached hydrogens (tertiary/aromatic N) is 2. The quantitative estimate of drug-likeness (QED) is 0.758. The van der Waals surface area contributed by atoms with Crippen molar-refractivity contribution in [3.63, 3.8) is 0 Å². The Bertz CT molecular complexity index is 315. The van der Waals surface area contributed by atoms with Crippen LogP contribution in [0.1, 0.15) is 27.2 Å². The number of rotatable bonds is 2. The standard InChI is InChI=1S/C13H23FN2O2/c1-13(2,3)18-12(17)16-8-10-4-6-15(7-5-14)11(10)9-16/h10-11H,4-9H2,1-3H3. The minimum Gasteiger partial charge on any atom is -0.444 e. The number of likely N-dealkylation sites (tertiary alicyclic amines) is 2. The molecule has 0 bridgehead atoms. The number of halogens is 1. The fourth-order valence-corrected chi connectivity index (χ4v) is 2.91. The van der Waals surface area contributed by atoms with Crippen LogP contribution in [0.4, 0.5) is 9.18 Å². The van der Waals surface area contributed by atoms with Crippen molar-refractivity contribution in [3.05, 3.63) is 0 Å². The Morgan fingerprint density at radius 2 is 2.11 bits per heavy atom. The molecule has 0 aliphatic carbocycles. The molecule has 1 amide bonds. The lowest BCUT2D eigenvalue weighted by molar-refractivity contribution is 0.0272. The van der Waals surface area contributed by atoms with Gasteiger partial charge in [-0.1, -0.05) is 0 Å². The molecule has 0 spiro atoms. The van der Waals surface area contributed by atoms with Gasteiger partial charge in [0.15, 0.2) is 0 Å². The number of ether oxygens (including phenoxy) is 1. The fourth-order valence-electron chi connectivity index (χ4n) is 2.91. The molecule has 0 N–H and O–H groups in total. The third-order valence-electron chi connectivity index (χ3n) is 3.69. The van der Waals surface area contributed by atoms with Crippen molar-refractivity contribution in [1.82, 2.24) is 9.80 Å². The zero-order valence-corrected chi connectivity index (χ0v) is 11.5. The van der Waals surface area contributed by atoms with Crippen LogP contribution in [-0.4, -0.2) is 60.4 Å². The minimum absolute atomic E-state index is 0.239. The summed E-state index contributed by atoms with van der Waals surface area (Å²) in [5.74, 6) is 0.490. The molecular formula is C13H23FN2O2. The number of carbonyl (C=O) groups is 1. The summed E-state index contributed by atoms with van der Waals surface area (Å²) in [4.78, 5) is 15.9. The molecule has 2 fully saturated rings. The third kappa shape index (κ3) is 2.94. The van der Waals surface area contributed by atoms with E-state index in [1.807, 2.05) is 20.8 Å². The number of fused-ring (bicyclic) bond motifs is 1. The average molecular weight is 258 g/mol. The van der Waals surface area contributed by atoms with E-state index in [1.165, 1.54) is 0 Å². The smallest absolute Gasteiger partial charge is 0.410 e. The normalized spacial score (nSPS) is 28.6. The van der Waals surface area contributed by atoms with E-state index in [2.05, 4.69) is 4.90 Å². The molecule has 18 heavy (non-hydrogen) atoms. The Morgan fingerprint density at radius 1 is 1.39 bits per heavy atom. The van der Waals surface area contributed by atoms with Crippen molar-refractivity contribution in [1.29, 1.82) is 0 Å². The van der Waals surface area contributed by atoms with Gasteiger partial charge in [-0.05, 0) is 39.7 Å². The number of alkyl halides is 1. The van der Waals surface area contributed by atoms with E-state index in [0.29, 0.717) is 25.0 Å². The van der Waals surface area contributed by atoms with Crippen molar-refractivity contribution < 1.29 is 13.9 Å². The second-order valence-electron chi connectivity index (χ2n) is 6.23. The maximum Gasteiger partial charge on any atom is 0.410 e. The van der Waals surface area contributed by atoms with Gasteiger partial charge < -0.3 is 9.64 Å². The van der Waals surface area contributed by atoms with Gasteiger partial charge in [0.1, 0.15) is 12.3 Å². The molecule has 0 aromatic rings. The van der Waals surface area contributed by atoms with Gasteiger partial charge >= 0.3 is 6.09 Å². The molecule has 0 aromatic heterocycles. The van der Waals surface area contributed by atoms with Crippen molar-refractivity contribution in [2.45, 2.75) is 38.8 Å². The maximum absolute atomic E-state index is 12.4. The van der Waals surface area contributed by atoms with Gasteiger partial charge in [0.2, 0.25) is 0 Å². The molecule has 2 atom stereocenters. The Kier molecular flexibility index (Phi) is 3.80. The Morgan fingerprint density at radius 3 is 2.72 bits per heavy atom. The predicted octanol–water partition coefficient (Wildman–Crippen LogP) is 1.90. The Hall–Kier alpha value is -0.840. The van der Waals surface area contributed by atoms with E-state index in [4.69, 9.17) is 4.74 Å². The molecule has 0 radical (unpaired) electrons. The van der Waals surface area contributed by atoms with Crippen LogP contribution in [0.25, 0.3) is 0 Å². The Labute approximate surface area is 108 Å². The summed E-state index contributed by atoms with van der Waals surface area (Å²) in [6.07, 6.45) is 0.821. The summed E-state index contributed by atoms with van der Waals surface area (Å²) < 4.78 is 17.8. The van der Waals surface area contributed by atoms with E-state index < -0.39 is 5.60 Å². The molecule has 2 rings (SSSR count). The van der Waals surface area contributed by atoms with Gasteiger partial charge in [0.25, 0.3) is 0 Å². The molecule has 2 aliphatic heterocycles. The summed E-state index contributed by atoms with van der Waals surface area (Å²) in [6.45, 7) is 8.19. The van der Waals surface area contributed by atoms with E-state index in [1.54, 1.807) is 4.90 Å². The highest BCUT2D eigenvalue weighted by atomic mass is 19.1. The van der Waals surface area contributed by atoms with Gasteiger partial charge in [-0.3, -0.25) is 4.90 Å². The summed E-state index contributed by atoms with van der Waals surface area (Å²) in [5.41, 5.74) is -0.451. The van der Waals surface area contributed by atoms with Gasteiger partial charge in [-0.15, -0.1) is 0 Å². The summed E-state index contributed by atoms with van der Waals surface area (Å²) >= 11 is 0. The monoisotopic (exact) mass is 258 g/mol. The highest BCUT2D eigenvalue weighted by Crippen LogP contribution is 2.31. The first-order valence-electron chi connectivity index (χ1n) is 6.68. The van der Waals surface area contributed by atoms with Crippen LogP contribution in [0.15, 0.2) is 0 Å². The zero-order valence-electron chi connectivity index (χ0n) is 11.5. The number of hydrogen-bond acceptors (Lipinski definition) is 3. The lowest BCUT2D eigenvalue weighted by atomic mass is 10.1. The topological polar surface area (TPSA) is 32.8 Å². The van der Waals surface area contributed by atoms with Crippen LogP contribution >= 0.6 is 0 Å². The van der Waals surface area contributed by atoms with Crippen LogP contribution in [-0.2, 0) is 4.74 Å². The molecule has 2 saturated heterocycles. The van der Waals surface area contributed by atoms with Crippen LogP contribution in [0, 0.1) is 5.92 Å². The van der Waals surface area contributed by atoms with Crippen molar-refractivity contribution in [3.8, 4) is 0 Å². The lowest BCUT2D eigenvalue weighted by Gasteiger charge is -2.26. The molecule has 2 unspecified atom stereocenters. The van der Waals surface area contributed by atoms with E-state index >= 15 is 0 Å². The summed E-state index contributed by atoms with van der Waals surface area (Å²) in [7, 11) is 0. The van der Waals surface area contributed by atoms with Crippen molar-refractivity contribution >= 4 is 6.09 Å². The van der Waals surface area contributed by atoms with Gasteiger partial charge in [-0.2, -0.15) is 0 Å². The highest BCUT2D eigenvalue weighted by Gasteiger charge is 2.43. The predicted molar refractivity (Wildman–Crippen MR) is 67.3 cm³/mol. The van der Waals surface area contributed by atoms with Gasteiger partial charge in [-0.25, -0.2) is 9.18 Å². The number of hydrogen-bond donors (Lipinski definition) is 0.